The maximum Gasteiger partial charge on any atom is 0.330 e. The Morgan fingerprint density at radius 1 is 1.38 bits per heavy atom. The van der Waals surface area contributed by atoms with Crippen molar-refractivity contribution < 1.29 is 26.8 Å². The molecule has 0 spiro atoms. The van der Waals surface area contributed by atoms with Crippen LogP contribution in [-0.4, -0.2) is 43.2 Å². The number of carbonyl (C=O) groups is 1. The molecule has 1 N–H and O–H groups in total. The second kappa shape index (κ2) is 6.00. The van der Waals surface area contributed by atoms with E-state index in [-0.39, 0.29) is 12.4 Å². The van der Waals surface area contributed by atoms with E-state index in [1.54, 1.807) is 13.0 Å². The molecule has 0 rings (SSSR count). The molecule has 0 unspecified atom stereocenters. The van der Waals surface area contributed by atoms with Crippen LogP contribution in [0.3, 0.4) is 0 Å². The van der Waals surface area contributed by atoms with E-state index >= 15 is 0 Å². The number of aliphatic carboxylic acids is 1. The van der Waals surface area contributed by atoms with Gasteiger partial charge in [-0.15, -0.1) is 0 Å². The Labute approximate surface area is 86.0 Å². The molecule has 0 saturated carbocycles. The summed E-state index contributed by atoms with van der Waals surface area (Å²) in [7, 11) is 6.26. The molecule has 0 aromatic carbocycles. The third kappa shape index (κ3) is 9.37. The van der Waals surface area contributed by atoms with Crippen molar-refractivity contribution in [2.45, 2.75) is 13.3 Å². The Balaban J connectivity index is 0. The van der Waals surface area contributed by atoms with Crippen molar-refractivity contribution in [1.82, 2.24) is 0 Å². The van der Waals surface area contributed by atoms with E-state index in [4.69, 9.17) is 5.11 Å². The van der Waals surface area contributed by atoms with Gasteiger partial charge in [0.1, 0.15) is 0 Å². The van der Waals surface area contributed by atoms with Crippen molar-refractivity contribution in [3.63, 3.8) is 0 Å². The molecular formula is C9H18ClNO2. The molecule has 0 atom stereocenters. The molecule has 4 heteroatoms. The zero-order valence-corrected chi connectivity index (χ0v) is 9.43. The summed E-state index contributed by atoms with van der Waals surface area (Å²) in [5, 5.41) is 8.54. The Morgan fingerprint density at radius 3 is 2.15 bits per heavy atom. The predicted molar refractivity (Wildman–Crippen MR) is 48.9 cm³/mol. The van der Waals surface area contributed by atoms with Gasteiger partial charge in [0.25, 0.3) is 0 Å². The fraction of sp³-hybridized carbons (Fsp3) is 0.667. The van der Waals surface area contributed by atoms with Crippen LogP contribution >= 0.6 is 0 Å². The van der Waals surface area contributed by atoms with E-state index in [9.17, 15) is 4.79 Å². The van der Waals surface area contributed by atoms with Gasteiger partial charge >= 0.3 is 5.97 Å². The first-order valence-electron chi connectivity index (χ1n) is 4.03. The minimum Gasteiger partial charge on any atom is -1.00 e. The van der Waals surface area contributed by atoms with Gasteiger partial charge in [0.2, 0.25) is 0 Å². The Hall–Kier alpha value is -0.540. The van der Waals surface area contributed by atoms with Crippen molar-refractivity contribution in [2.24, 2.45) is 0 Å². The molecular weight excluding hydrogens is 190 g/mol. The summed E-state index contributed by atoms with van der Waals surface area (Å²) in [6.45, 7) is 2.59. The van der Waals surface area contributed by atoms with Gasteiger partial charge in [-0.25, -0.2) is 4.79 Å². The molecule has 78 valence electrons. The lowest BCUT2D eigenvalue weighted by Gasteiger charge is -2.22. The minimum absolute atomic E-state index is 0. The fourth-order valence-electron chi connectivity index (χ4n) is 0.756. The van der Waals surface area contributed by atoms with E-state index in [0.717, 1.165) is 17.4 Å². The van der Waals surface area contributed by atoms with E-state index in [1.807, 2.05) is 0 Å². The van der Waals surface area contributed by atoms with E-state index in [0.29, 0.717) is 5.57 Å². The normalized spacial score (nSPS) is 12.2. The van der Waals surface area contributed by atoms with E-state index in [2.05, 4.69) is 21.1 Å². The highest BCUT2D eigenvalue weighted by Crippen LogP contribution is 1.99. The number of halogens is 1. The Kier molecular flexibility index (Phi) is 6.90. The number of hydrogen-bond acceptors (Lipinski definition) is 1. The Morgan fingerprint density at radius 2 is 1.85 bits per heavy atom. The number of quaternary nitrogens is 1. The molecule has 0 heterocycles. The summed E-state index contributed by atoms with van der Waals surface area (Å²) in [5.74, 6) is -0.823. The summed E-state index contributed by atoms with van der Waals surface area (Å²) in [6.07, 6.45) is 2.59. The second-order valence-electron chi connectivity index (χ2n) is 3.99. The van der Waals surface area contributed by atoms with Crippen LogP contribution < -0.4 is 12.4 Å². The highest BCUT2D eigenvalue weighted by Gasteiger charge is 2.05. The number of carboxylic acid groups (broad SMARTS) is 1. The third-order valence-corrected chi connectivity index (χ3v) is 1.59. The predicted octanol–water partition coefficient (Wildman–Crippen LogP) is -1.88. The highest BCUT2D eigenvalue weighted by molar-refractivity contribution is 5.85. The van der Waals surface area contributed by atoms with Gasteiger partial charge in [-0.2, -0.15) is 0 Å². The molecule has 0 aromatic rings. The van der Waals surface area contributed by atoms with Crippen LogP contribution in [-0.2, 0) is 4.79 Å². The topological polar surface area (TPSA) is 37.3 Å². The number of rotatable bonds is 4. The van der Waals surface area contributed by atoms with Crippen LogP contribution in [0.4, 0.5) is 0 Å². The third-order valence-electron chi connectivity index (χ3n) is 1.59. The van der Waals surface area contributed by atoms with Gasteiger partial charge in [-0.05, 0) is 6.92 Å². The molecule has 0 aliphatic rings. The van der Waals surface area contributed by atoms with Crippen molar-refractivity contribution in [3.8, 4) is 0 Å². The van der Waals surface area contributed by atoms with E-state index < -0.39 is 5.97 Å². The lowest BCUT2D eigenvalue weighted by Crippen LogP contribution is -3.00. The standard InChI is InChI=1S/C9H17NO2.ClH/c1-8(9(11)12)6-5-7-10(2,3)4;/h6H,5,7H2,1-4H3;1H. The number of carboxylic acids is 1. The van der Waals surface area contributed by atoms with Crippen LogP contribution in [0.15, 0.2) is 11.6 Å². The van der Waals surface area contributed by atoms with Gasteiger partial charge in [-0.3, -0.25) is 0 Å². The van der Waals surface area contributed by atoms with Crippen LogP contribution in [0, 0.1) is 0 Å². The first kappa shape index (κ1) is 15.0. The minimum atomic E-state index is -0.823. The fourth-order valence-corrected chi connectivity index (χ4v) is 0.756. The molecule has 0 aliphatic carbocycles. The summed E-state index contributed by atoms with van der Waals surface area (Å²) in [6, 6.07) is 0. The van der Waals surface area contributed by atoms with Crippen LogP contribution in [0.1, 0.15) is 13.3 Å². The zero-order valence-electron chi connectivity index (χ0n) is 8.67. The highest BCUT2D eigenvalue weighted by atomic mass is 35.5. The first-order chi connectivity index (χ1) is 5.33. The largest absolute Gasteiger partial charge is 1.00 e. The van der Waals surface area contributed by atoms with Crippen LogP contribution in [0.2, 0.25) is 0 Å². The van der Waals surface area contributed by atoms with Gasteiger partial charge in [-0.1, -0.05) is 6.08 Å². The SMILES string of the molecule is CC(=CCC[N+](C)(C)C)C(=O)O.[Cl-]. The van der Waals surface area contributed by atoms with Crippen molar-refractivity contribution in [3.05, 3.63) is 11.6 Å². The second-order valence-corrected chi connectivity index (χ2v) is 3.99. The van der Waals surface area contributed by atoms with Gasteiger partial charge < -0.3 is 22.0 Å². The molecule has 3 nitrogen and oxygen atoms in total. The van der Waals surface area contributed by atoms with Crippen LogP contribution in [0.5, 0.6) is 0 Å². The average Bonchev–Trinajstić information content (AvgIpc) is 1.84. The molecule has 0 fully saturated rings. The summed E-state index contributed by atoms with van der Waals surface area (Å²) in [4.78, 5) is 10.4. The lowest BCUT2D eigenvalue weighted by atomic mass is 10.2. The maximum atomic E-state index is 10.4. The number of hydrogen-bond donors (Lipinski definition) is 1. The smallest absolute Gasteiger partial charge is 0.330 e. The summed E-state index contributed by atoms with van der Waals surface area (Å²) in [5.41, 5.74) is 0.434. The summed E-state index contributed by atoms with van der Waals surface area (Å²) < 4.78 is 0.864. The van der Waals surface area contributed by atoms with Crippen molar-refractivity contribution >= 4 is 5.97 Å². The van der Waals surface area contributed by atoms with Crippen LogP contribution in [0.25, 0.3) is 0 Å². The Bertz CT molecular complexity index is 194. The van der Waals surface area contributed by atoms with E-state index in [1.165, 1.54) is 0 Å². The molecule has 0 saturated heterocycles. The summed E-state index contributed by atoms with van der Waals surface area (Å²) >= 11 is 0. The molecule has 0 radical (unpaired) electrons. The van der Waals surface area contributed by atoms with Gasteiger partial charge in [0.05, 0.1) is 27.7 Å². The molecule has 0 aromatic heterocycles. The van der Waals surface area contributed by atoms with Crippen molar-refractivity contribution in [2.75, 3.05) is 27.7 Å². The number of nitrogens with zero attached hydrogens (tertiary/aromatic N) is 1. The van der Waals surface area contributed by atoms with Gasteiger partial charge in [0, 0.05) is 12.0 Å². The molecule has 0 bridgehead atoms. The lowest BCUT2D eigenvalue weighted by molar-refractivity contribution is -0.869. The molecule has 13 heavy (non-hydrogen) atoms. The van der Waals surface area contributed by atoms with Gasteiger partial charge in [0.15, 0.2) is 0 Å². The first-order valence-corrected chi connectivity index (χ1v) is 4.03. The average molecular weight is 208 g/mol. The monoisotopic (exact) mass is 207 g/mol. The quantitative estimate of drug-likeness (QED) is 0.433. The van der Waals surface area contributed by atoms with Crippen molar-refractivity contribution in [1.29, 1.82) is 0 Å². The zero-order chi connectivity index (χ0) is 9.78. The molecule has 0 aliphatic heterocycles. The molecule has 0 amide bonds. The maximum absolute atomic E-state index is 10.4.